The van der Waals surface area contributed by atoms with E-state index in [1.165, 1.54) is 11.1 Å². The number of ether oxygens (including phenoxy) is 1. The minimum Gasteiger partial charge on any atom is -0.491 e. The molecule has 1 heterocycles. The van der Waals surface area contributed by atoms with Gasteiger partial charge in [-0.3, -0.25) is 9.69 Å². The standard InChI is InChI=1S/C25H30N2O4/c1-16(2)21-9-4-5-10-22(21)31-15-20(28)14-27-23(29)25(3,26-24(27)30)19-12-11-17-7-6-8-18(17)13-19/h4-5,9-13,16,20,28H,6-8,14-15H2,1-3H3,(H,26,30)/t20-,25+/m1/s1. The maximum absolute atomic E-state index is 13.2. The van der Waals surface area contributed by atoms with Crippen molar-refractivity contribution in [2.75, 3.05) is 13.2 Å². The molecule has 1 aliphatic heterocycles. The summed E-state index contributed by atoms with van der Waals surface area (Å²) in [5, 5.41) is 13.3. The van der Waals surface area contributed by atoms with Crippen molar-refractivity contribution < 1.29 is 19.4 Å². The largest absolute Gasteiger partial charge is 0.491 e. The molecule has 3 amide bonds. The van der Waals surface area contributed by atoms with Gasteiger partial charge >= 0.3 is 6.03 Å². The Kier molecular flexibility index (Phi) is 5.75. The summed E-state index contributed by atoms with van der Waals surface area (Å²) in [6.45, 7) is 5.76. The lowest BCUT2D eigenvalue weighted by Crippen LogP contribution is -2.42. The lowest BCUT2D eigenvalue weighted by Gasteiger charge is -2.24. The van der Waals surface area contributed by atoms with Crippen LogP contribution in [0.4, 0.5) is 4.79 Å². The van der Waals surface area contributed by atoms with Gasteiger partial charge in [0.2, 0.25) is 0 Å². The Bertz CT molecular complexity index is 1000. The highest BCUT2D eigenvalue weighted by atomic mass is 16.5. The van der Waals surface area contributed by atoms with E-state index in [0.717, 1.165) is 35.3 Å². The van der Waals surface area contributed by atoms with Crippen molar-refractivity contribution in [3.63, 3.8) is 0 Å². The number of urea groups is 1. The van der Waals surface area contributed by atoms with Crippen LogP contribution < -0.4 is 10.1 Å². The molecule has 0 unspecified atom stereocenters. The highest BCUT2D eigenvalue weighted by Gasteiger charge is 2.49. The van der Waals surface area contributed by atoms with Gasteiger partial charge in [0, 0.05) is 0 Å². The van der Waals surface area contributed by atoms with Gasteiger partial charge in [-0.15, -0.1) is 0 Å². The summed E-state index contributed by atoms with van der Waals surface area (Å²) in [5.74, 6) is 0.640. The third-order valence-corrected chi connectivity index (χ3v) is 6.32. The topological polar surface area (TPSA) is 78.9 Å². The van der Waals surface area contributed by atoms with Crippen molar-refractivity contribution in [3.05, 3.63) is 64.7 Å². The SMILES string of the molecule is CC(C)c1ccccc1OC[C@H](O)CN1C(=O)N[C@@](C)(c2ccc3c(c2)CCC3)C1=O. The fourth-order valence-electron chi connectivity index (χ4n) is 4.48. The summed E-state index contributed by atoms with van der Waals surface area (Å²) in [7, 11) is 0. The molecule has 2 aliphatic rings. The van der Waals surface area contributed by atoms with Gasteiger partial charge in [0.1, 0.15) is 24.0 Å². The van der Waals surface area contributed by atoms with Crippen LogP contribution in [0.1, 0.15) is 55.4 Å². The van der Waals surface area contributed by atoms with E-state index in [1.807, 2.05) is 36.4 Å². The van der Waals surface area contributed by atoms with Crippen LogP contribution in [0.2, 0.25) is 0 Å². The van der Waals surface area contributed by atoms with E-state index in [4.69, 9.17) is 4.74 Å². The summed E-state index contributed by atoms with van der Waals surface area (Å²) < 4.78 is 5.81. The number of rotatable bonds is 7. The highest BCUT2D eigenvalue weighted by molar-refractivity contribution is 6.07. The van der Waals surface area contributed by atoms with Crippen LogP contribution in [0.25, 0.3) is 0 Å². The lowest BCUT2D eigenvalue weighted by molar-refractivity contribution is -0.132. The fraction of sp³-hybridized carbons (Fsp3) is 0.440. The molecule has 31 heavy (non-hydrogen) atoms. The number of benzene rings is 2. The number of aliphatic hydroxyl groups excluding tert-OH is 1. The molecule has 0 saturated carbocycles. The van der Waals surface area contributed by atoms with Gasteiger partial charge in [-0.25, -0.2) is 4.79 Å². The number of nitrogens with zero attached hydrogens (tertiary/aromatic N) is 1. The van der Waals surface area contributed by atoms with Gasteiger partial charge in [-0.05, 0) is 60.4 Å². The number of para-hydroxylation sites is 1. The van der Waals surface area contributed by atoms with E-state index in [0.29, 0.717) is 5.75 Å². The van der Waals surface area contributed by atoms with Crippen LogP contribution in [-0.4, -0.2) is 41.2 Å². The molecule has 0 bridgehead atoms. The lowest BCUT2D eigenvalue weighted by atomic mass is 9.89. The van der Waals surface area contributed by atoms with Gasteiger partial charge in [0.25, 0.3) is 5.91 Å². The number of β-amino-alcohol motifs (C(OH)–C–C–N with tert-alkyl or cyclic N) is 1. The third kappa shape index (κ3) is 4.04. The number of hydrogen-bond acceptors (Lipinski definition) is 4. The number of amides is 3. The van der Waals surface area contributed by atoms with Crippen LogP contribution in [0.15, 0.2) is 42.5 Å². The van der Waals surface area contributed by atoms with Crippen LogP contribution >= 0.6 is 0 Å². The Morgan fingerprint density at radius 3 is 2.65 bits per heavy atom. The first-order valence-corrected chi connectivity index (χ1v) is 11.0. The minimum absolute atomic E-state index is 0.00362. The van der Waals surface area contributed by atoms with E-state index in [-0.39, 0.29) is 25.0 Å². The molecule has 2 atom stereocenters. The average molecular weight is 423 g/mol. The Balaban J connectivity index is 1.43. The van der Waals surface area contributed by atoms with Gasteiger partial charge in [-0.2, -0.15) is 0 Å². The summed E-state index contributed by atoms with van der Waals surface area (Å²) in [5.41, 5.74) is 3.27. The first-order chi connectivity index (χ1) is 14.8. The van der Waals surface area contributed by atoms with E-state index in [2.05, 4.69) is 25.2 Å². The quantitative estimate of drug-likeness (QED) is 0.670. The van der Waals surface area contributed by atoms with Crippen molar-refractivity contribution >= 4 is 11.9 Å². The molecular formula is C25H30N2O4. The van der Waals surface area contributed by atoms with Gasteiger partial charge < -0.3 is 15.2 Å². The molecular weight excluding hydrogens is 392 g/mol. The average Bonchev–Trinajstić information content (AvgIpc) is 3.30. The minimum atomic E-state index is -1.13. The van der Waals surface area contributed by atoms with Crippen LogP contribution in [-0.2, 0) is 23.2 Å². The van der Waals surface area contributed by atoms with Crippen molar-refractivity contribution in [3.8, 4) is 5.75 Å². The van der Waals surface area contributed by atoms with Crippen LogP contribution in [0.5, 0.6) is 5.75 Å². The highest BCUT2D eigenvalue weighted by Crippen LogP contribution is 2.33. The molecule has 0 radical (unpaired) electrons. The van der Waals surface area contributed by atoms with E-state index < -0.39 is 17.7 Å². The number of fused-ring (bicyclic) bond motifs is 1. The molecule has 0 aromatic heterocycles. The molecule has 1 saturated heterocycles. The van der Waals surface area contributed by atoms with Crippen LogP contribution in [0.3, 0.4) is 0 Å². The molecule has 2 aromatic carbocycles. The second-order valence-electron chi connectivity index (χ2n) is 8.97. The number of aliphatic hydroxyl groups is 1. The zero-order valence-electron chi connectivity index (χ0n) is 18.4. The maximum Gasteiger partial charge on any atom is 0.325 e. The van der Waals surface area contributed by atoms with Gasteiger partial charge in [0.15, 0.2) is 0 Å². The fourth-order valence-corrected chi connectivity index (χ4v) is 4.48. The second kappa shape index (κ2) is 8.35. The van der Waals surface area contributed by atoms with Gasteiger partial charge in [-0.1, -0.05) is 50.2 Å². The van der Waals surface area contributed by atoms with Crippen molar-refractivity contribution in [2.45, 2.75) is 57.6 Å². The number of hydrogen-bond donors (Lipinski definition) is 2. The molecule has 1 fully saturated rings. The predicted octanol–water partition coefficient (Wildman–Crippen LogP) is 3.51. The molecule has 2 aromatic rings. The number of carbonyl (C=O) groups excluding carboxylic acids is 2. The normalized spacial score (nSPS) is 21.4. The number of imide groups is 1. The van der Waals surface area contributed by atoms with Crippen LogP contribution in [0, 0.1) is 0 Å². The zero-order valence-corrected chi connectivity index (χ0v) is 18.4. The molecule has 6 heteroatoms. The summed E-state index contributed by atoms with van der Waals surface area (Å²) in [6.07, 6.45) is 2.19. The van der Waals surface area contributed by atoms with E-state index in [1.54, 1.807) is 6.92 Å². The Morgan fingerprint density at radius 1 is 1.13 bits per heavy atom. The first-order valence-electron chi connectivity index (χ1n) is 11.0. The monoisotopic (exact) mass is 422 g/mol. The maximum atomic E-state index is 13.2. The molecule has 2 N–H and O–H groups in total. The second-order valence-corrected chi connectivity index (χ2v) is 8.97. The Hall–Kier alpha value is -2.86. The first kappa shape index (κ1) is 21.4. The number of aryl methyl sites for hydroxylation is 2. The van der Waals surface area contributed by atoms with Gasteiger partial charge in [0.05, 0.1) is 6.54 Å². The molecule has 1 aliphatic carbocycles. The van der Waals surface area contributed by atoms with E-state index in [9.17, 15) is 14.7 Å². The summed E-state index contributed by atoms with van der Waals surface area (Å²) in [6, 6.07) is 13.2. The summed E-state index contributed by atoms with van der Waals surface area (Å²) in [4.78, 5) is 26.9. The number of carbonyl (C=O) groups is 2. The Labute approximate surface area is 183 Å². The summed E-state index contributed by atoms with van der Waals surface area (Å²) >= 11 is 0. The molecule has 4 rings (SSSR count). The number of nitrogens with one attached hydrogen (secondary N) is 1. The van der Waals surface area contributed by atoms with E-state index >= 15 is 0 Å². The van der Waals surface area contributed by atoms with Crippen molar-refractivity contribution in [1.82, 2.24) is 10.2 Å². The third-order valence-electron chi connectivity index (χ3n) is 6.32. The van der Waals surface area contributed by atoms with Crippen molar-refractivity contribution in [1.29, 1.82) is 0 Å². The molecule has 164 valence electrons. The molecule has 6 nitrogen and oxygen atoms in total. The molecule has 0 spiro atoms. The smallest absolute Gasteiger partial charge is 0.325 e. The zero-order chi connectivity index (χ0) is 22.2. The van der Waals surface area contributed by atoms with Crippen molar-refractivity contribution in [2.24, 2.45) is 0 Å². The predicted molar refractivity (Wildman–Crippen MR) is 118 cm³/mol. The Morgan fingerprint density at radius 2 is 1.87 bits per heavy atom.